The van der Waals surface area contributed by atoms with Gasteiger partial charge in [-0.1, -0.05) is 91.0 Å². The molecule has 0 unspecified atom stereocenters. The van der Waals surface area contributed by atoms with E-state index in [2.05, 4.69) is 120 Å². The number of rotatable bonds is 2. The van der Waals surface area contributed by atoms with Crippen molar-refractivity contribution in [2.45, 2.75) is 6.92 Å². The Morgan fingerprint density at radius 3 is 1.86 bits per heavy atom. The minimum absolute atomic E-state index is 1.16. The smallest absolute Gasteiger partial charge is 0.0338 e. The molecule has 0 bridgehead atoms. The van der Waals surface area contributed by atoms with E-state index in [0.29, 0.717) is 0 Å². The normalized spacial score (nSPS) is 11.2. The molecule has 0 aliphatic carbocycles. The van der Waals surface area contributed by atoms with Gasteiger partial charge in [0.05, 0.1) is 0 Å². The molecule has 0 aliphatic heterocycles. The van der Waals surface area contributed by atoms with E-state index in [1.54, 1.807) is 0 Å². The predicted octanol–water partition coefficient (Wildman–Crippen LogP) is 8.40. The Hall–Kier alpha value is -2.90. The van der Waals surface area contributed by atoms with Gasteiger partial charge in [-0.15, -0.1) is 0 Å². The Morgan fingerprint density at radius 1 is 0.536 bits per heavy atom. The molecule has 0 spiro atoms. The molecular weight excluding hydrogens is 404 g/mol. The summed E-state index contributed by atoms with van der Waals surface area (Å²) in [6.45, 7) is 2.17. The highest BCUT2D eigenvalue weighted by Gasteiger charge is 2.14. The van der Waals surface area contributed by atoms with Crippen molar-refractivity contribution in [3.8, 4) is 22.3 Å². The minimum atomic E-state index is 1.16. The summed E-state index contributed by atoms with van der Waals surface area (Å²) in [6, 6.07) is 34.8. The highest BCUT2D eigenvalue weighted by molar-refractivity contribution is 9.10. The molecule has 0 N–H and O–H groups in total. The topological polar surface area (TPSA) is 0 Å². The Balaban J connectivity index is 1.84. The average molecular weight is 423 g/mol. The first kappa shape index (κ1) is 17.2. The second-order valence-corrected chi connectivity index (χ2v) is 7.97. The third kappa shape index (κ3) is 2.75. The minimum Gasteiger partial charge on any atom is -0.0620 e. The maximum absolute atomic E-state index is 3.93. The van der Waals surface area contributed by atoms with Crippen LogP contribution in [-0.2, 0) is 0 Å². The molecule has 134 valence electrons. The van der Waals surface area contributed by atoms with Gasteiger partial charge in [-0.3, -0.25) is 0 Å². The number of aryl methyl sites for hydroxylation is 1. The van der Waals surface area contributed by atoms with Gasteiger partial charge in [0, 0.05) is 10.0 Å². The van der Waals surface area contributed by atoms with Gasteiger partial charge in [0.15, 0.2) is 0 Å². The number of halogens is 1. The van der Waals surface area contributed by atoms with Crippen LogP contribution in [-0.4, -0.2) is 0 Å². The van der Waals surface area contributed by atoms with Crippen molar-refractivity contribution in [1.82, 2.24) is 0 Å². The fraction of sp³-hybridized carbons (Fsp3) is 0.0370. The largest absolute Gasteiger partial charge is 0.0620 e. The van der Waals surface area contributed by atoms with Gasteiger partial charge < -0.3 is 0 Å². The lowest BCUT2D eigenvalue weighted by Gasteiger charge is -2.15. The molecule has 5 rings (SSSR count). The van der Waals surface area contributed by atoms with Crippen LogP contribution in [0.3, 0.4) is 0 Å². The van der Waals surface area contributed by atoms with Crippen LogP contribution in [0.25, 0.3) is 43.8 Å². The Kier molecular flexibility index (Phi) is 4.26. The summed E-state index contributed by atoms with van der Waals surface area (Å²) in [4.78, 5) is 0. The van der Waals surface area contributed by atoms with Crippen LogP contribution >= 0.6 is 15.9 Å². The third-order valence-electron chi connectivity index (χ3n) is 5.48. The third-order valence-corrected chi connectivity index (χ3v) is 6.30. The molecule has 0 aliphatic rings. The first-order valence-corrected chi connectivity index (χ1v) is 10.3. The van der Waals surface area contributed by atoms with Crippen molar-refractivity contribution < 1.29 is 0 Å². The fourth-order valence-corrected chi connectivity index (χ4v) is 4.91. The molecule has 28 heavy (non-hydrogen) atoms. The predicted molar refractivity (Wildman–Crippen MR) is 125 cm³/mol. The molecule has 0 heterocycles. The summed E-state index contributed by atoms with van der Waals surface area (Å²) in [7, 11) is 0. The summed E-state index contributed by atoms with van der Waals surface area (Å²) in [5.41, 5.74) is 6.31. The summed E-state index contributed by atoms with van der Waals surface area (Å²) in [5.74, 6) is 0. The lowest BCUT2D eigenvalue weighted by molar-refractivity contribution is 1.46. The second-order valence-electron chi connectivity index (χ2n) is 7.18. The number of hydrogen-bond acceptors (Lipinski definition) is 0. The first-order chi connectivity index (χ1) is 13.7. The van der Waals surface area contributed by atoms with Gasteiger partial charge in [0.25, 0.3) is 0 Å². The zero-order valence-electron chi connectivity index (χ0n) is 15.6. The second kappa shape index (κ2) is 6.92. The van der Waals surface area contributed by atoms with Crippen molar-refractivity contribution in [1.29, 1.82) is 0 Å². The summed E-state index contributed by atoms with van der Waals surface area (Å²) < 4.78 is 1.16. The van der Waals surface area contributed by atoms with E-state index in [4.69, 9.17) is 0 Å². The van der Waals surface area contributed by atoms with Gasteiger partial charge >= 0.3 is 0 Å². The molecule has 0 aromatic heterocycles. The van der Waals surface area contributed by atoms with E-state index in [0.717, 1.165) is 4.47 Å². The monoisotopic (exact) mass is 422 g/mol. The molecule has 5 aromatic rings. The number of hydrogen-bond donors (Lipinski definition) is 0. The van der Waals surface area contributed by atoms with Crippen LogP contribution in [0.5, 0.6) is 0 Å². The Morgan fingerprint density at radius 2 is 1.11 bits per heavy atom. The van der Waals surface area contributed by atoms with E-state index in [-0.39, 0.29) is 0 Å². The van der Waals surface area contributed by atoms with Crippen molar-refractivity contribution in [2.24, 2.45) is 0 Å². The lowest BCUT2D eigenvalue weighted by Crippen LogP contribution is -1.89. The van der Waals surface area contributed by atoms with Crippen LogP contribution in [0.2, 0.25) is 0 Å². The van der Waals surface area contributed by atoms with E-state index in [1.165, 1.54) is 49.4 Å². The molecule has 0 nitrogen and oxygen atoms in total. The van der Waals surface area contributed by atoms with Gasteiger partial charge in [-0.2, -0.15) is 0 Å². The fourth-order valence-electron chi connectivity index (χ4n) is 4.12. The van der Waals surface area contributed by atoms with Crippen LogP contribution in [0.4, 0.5) is 0 Å². The van der Waals surface area contributed by atoms with E-state index >= 15 is 0 Å². The van der Waals surface area contributed by atoms with Gasteiger partial charge in [-0.25, -0.2) is 0 Å². The zero-order chi connectivity index (χ0) is 19.1. The summed E-state index contributed by atoms with van der Waals surface area (Å²) in [6.07, 6.45) is 0. The van der Waals surface area contributed by atoms with Crippen molar-refractivity contribution in [2.75, 3.05) is 0 Å². The molecule has 1 heteroatoms. The Labute approximate surface area is 173 Å². The molecule has 0 atom stereocenters. The molecule has 0 fully saturated rings. The standard InChI is InChI=1S/C27H19Br/c1-18-9-2-3-12-21(18)19-10-8-11-20(17-19)26-24-15-6-4-13-22(24)23-14-5-7-16-25(23)27(26)28/h2-17H,1H3. The maximum atomic E-state index is 3.93. The molecule has 0 saturated heterocycles. The average Bonchev–Trinajstić information content (AvgIpc) is 2.75. The summed E-state index contributed by atoms with van der Waals surface area (Å²) >= 11 is 3.93. The SMILES string of the molecule is Cc1ccccc1-c1cccc(-c2c(Br)c3ccccc3c3ccccc23)c1. The van der Waals surface area contributed by atoms with Crippen molar-refractivity contribution >= 4 is 37.5 Å². The van der Waals surface area contributed by atoms with E-state index in [9.17, 15) is 0 Å². The maximum Gasteiger partial charge on any atom is 0.0338 e. The van der Waals surface area contributed by atoms with Gasteiger partial charge in [0.1, 0.15) is 0 Å². The number of benzene rings is 5. The molecule has 5 aromatic carbocycles. The van der Waals surface area contributed by atoms with Crippen molar-refractivity contribution in [3.63, 3.8) is 0 Å². The molecular formula is C27H19Br. The van der Waals surface area contributed by atoms with E-state index < -0.39 is 0 Å². The highest BCUT2D eigenvalue weighted by Crippen LogP contribution is 2.42. The van der Waals surface area contributed by atoms with Gasteiger partial charge in [-0.05, 0) is 72.7 Å². The lowest BCUT2D eigenvalue weighted by atomic mass is 9.91. The van der Waals surface area contributed by atoms with Crippen LogP contribution in [0.15, 0.2) is 102 Å². The highest BCUT2D eigenvalue weighted by atomic mass is 79.9. The van der Waals surface area contributed by atoms with Crippen LogP contribution in [0.1, 0.15) is 5.56 Å². The molecule has 0 radical (unpaired) electrons. The van der Waals surface area contributed by atoms with Gasteiger partial charge in [0.2, 0.25) is 0 Å². The summed E-state index contributed by atoms with van der Waals surface area (Å²) in [5, 5.41) is 5.09. The first-order valence-electron chi connectivity index (χ1n) is 9.49. The Bertz CT molecular complexity index is 1330. The zero-order valence-corrected chi connectivity index (χ0v) is 17.2. The van der Waals surface area contributed by atoms with Crippen LogP contribution in [0, 0.1) is 6.92 Å². The quantitative estimate of drug-likeness (QED) is 0.250. The number of fused-ring (bicyclic) bond motifs is 3. The molecule has 0 amide bonds. The van der Waals surface area contributed by atoms with E-state index in [1.807, 2.05) is 0 Å². The van der Waals surface area contributed by atoms with Crippen molar-refractivity contribution in [3.05, 3.63) is 107 Å². The van der Waals surface area contributed by atoms with Crippen LogP contribution < -0.4 is 0 Å². The molecule has 0 saturated carbocycles.